The van der Waals surface area contributed by atoms with Crippen molar-refractivity contribution >= 4 is 27.4 Å². The number of sulfone groups is 1. The molecule has 0 radical (unpaired) electrons. The summed E-state index contributed by atoms with van der Waals surface area (Å²) < 4.78 is 44.5. The summed E-state index contributed by atoms with van der Waals surface area (Å²) in [6.07, 6.45) is -0.528. The Morgan fingerprint density at radius 2 is 1.64 bits per heavy atom. The minimum Gasteiger partial charge on any atom is -0.466 e. The zero-order valence-corrected chi connectivity index (χ0v) is 23.1. The molecule has 2 unspecified atom stereocenters. The lowest BCUT2D eigenvalue weighted by Gasteiger charge is -2.31. The average molecular weight is 534 g/mol. The third-order valence-corrected chi connectivity index (χ3v) is 7.92. The fourth-order valence-electron chi connectivity index (χ4n) is 4.26. The molecule has 0 bridgehead atoms. The monoisotopic (exact) mass is 533 g/mol. The van der Waals surface area contributed by atoms with Gasteiger partial charge in [0.05, 0.1) is 34.0 Å². The Hall–Kier alpha value is -2.81. The van der Waals surface area contributed by atoms with E-state index in [-0.39, 0.29) is 15.4 Å². The van der Waals surface area contributed by atoms with Crippen LogP contribution >= 0.6 is 11.6 Å². The normalized spacial score (nSPS) is 17.5. The molecule has 9 heteroatoms. The van der Waals surface area contributed by atoms with Gasteiger partial charge in [-0.1, -0.05) is 29.8 Å². The molecule has 0 aliphatic carbocycles. The Morgan fingerprint density at radius 1 is 1.03 bits per heavy atom. The predicted octanol–water partition coefficient (Wildman–Crippen LogP) is 5.72. The topological polar surface area (TPSA) is 90.9 Å². The van der Waals surface area contributed by atoms with Crippen LogP contribution in [-0.4, -0.2) is 33.4 Å². The van der Waals surface area contributed by atoms with Crippen LogP contribution in [0.1, 0.15) is 53.0 Å². The molecule has 1 heterocycles. The molecular weight excluding hydrogens is 502 g/mol. The largest absolute Gasteiger partial charge is 0.466 e. The Bertz CT molecular complexity index is 1310. The molecule has 0 fully saturated rings. The molecule has 2 aromatic rings. The van der Waals surface area contributed by atoms with Crippen LogP contribution in [0.15, 0.2) is 75.3 Å². The van der Waals surface area contributed by atoms with E-state index < -0.39 is 33.6 Å². The number of esters is 1. The standard InChI is InChI=1S/C27H32ClNO6S/c1-16-23(26(30)33-7)24(21-10-8-9-11-22(21)28)25(17(2)29-16)36(31,32)20-14-12-19(13-15-20)34-18(3)35-27(4,5)6/h8-15,18,24,29H,1-7H3. The van der Waals surface area contributed by atoms with Crippen molar-refractivity contribution in [1.29, 1.82) is 0 Å². The summed E-state index contributed by atoms with van der Waals surface area (Å²) in [5, 5.41) is 3.39. The average Bonchev–Trinajstić information content (AvgIpc) is 2.77. The van der Waals surface area contributed by atoms with Crippen LogP contribution in [0.5, 0.6) is 5.75 Å². The minimum absolute atomic E-state index is 0.0275. The van der Waals surface area contributed by atoms with E-state index >= 15 is 0 Å². The van der Waals surface area contributed by atoms with Crippen LogP contribution in [0.4, 0.5) is 0 Å². The Labute approximate surface area is 218 Å². The maximum Gasteiger partial charge on any atom is 0.336 e. The van der Waals surface area contributed by atoms with Crippen molar-refractivity contribution in [3.05, 3.63) is 81.0 Å². The molecule has 3 rings (SSSR count). The Balaban J connectivity index is 2.06. The van der Waals surface area contributed by atoms with Crippen LogP contribution in [-0.2, 0) is 24.1 Å². The van der Waals surface area contributed by atoms with E-state index in [9.17, 15) is 13.2 Å². The molecule has 1 aliphatic heterocycles. The molecule has 2 atom stereocenters. The highest BCUT2D eigenvalue weighted by Gasteiger charge is 2.41. The van der Waals surface area contributed by atoms with Crippen LogP contribution in [0, 0.1) is 0 Å². The molecule has 1 N–H and O–H groups in total. The fourth-order valence-corrected chi connectivity index (χ4v) is 6.26. The summed E-state index contributed by atoms with van der Waals surface area (Å²) in [5.41, 5.74) is 1.18. The van der Waals surface area contributed by atoms with Gasteiger partial charge in [0.1, 0.15) is 5.75 Å². The van der Waals surface area contributed by atoms with Gasteiger partial charge in [-0.25, -0.2) is 13.2 Å². The predicted molar refractivity (Wildman–Crippen MR) is 139 cm³/mol. The van der Waals surface area contributed by atoms with Crippen LogP contribution in [0.25, 0.3) is 0 Å². The maximum absolute atomic E-state index is 14.0. The first kappa shape index (κ1) is 27.8. The third-order valence-electron chi connectivity index (χ3n) is 5.57. The van der Waals surface area contributed by atoms with Crippen molar-refractivity contribution in [2.24, 2.45) is 0 Å². The number of rotatable bonds is 7. The first-order chi connectivity index (χ1) is 16.8. The van der Waals surface area contributed by atoms with E-state index in [2.05, 4.69) is 5.32 Å². The maximum atomic E-state index is 14.0. The van der Waals surface area contributed by atoms with Crippen molar-refractivity contribution in [3.63, 3.8) is 0 Å². The zero-order chi connectivity index (χ0) is 26.8. The molecule has 0 spiro atoms. The summed E-state index contributed by atoms with van der Waals surface area (Å²) in [6, 6.07) is 13.0. The van der Waals surface area contributed by atoms with E-state index in [1.165, 1.54) is 19.2 Å². The van der Waals surface area contributed by atoms with Gasteiger partial charge in [-0.15, -0.1) is 0 Å². The van der Waals surface area contributed by atoms with Crippen molar-refractivity contribution in [2.45, 2.75) is 64.2 Å². The van der Waals surface area contributed by atoms with Crippen LogP contribution < -0.4 is 10.1 Å². The SMILES string of the molecule is COC(=O)C1=C(C)NC(C)=C(S(=O)(=O)c2ccc(OC(C)OC(C)(C)C)cc2)C1c1ccccc1Cl. The number of halogens is 1. The highest BCUT2D eigenvalue weighted by Crippen LogP contribution is 2.45. The van der Waals surface area contributed by atoms with Crippen LogP contribution in [0.3, 0.4) is 0 Å². The summed E-state index contributed by atoms with van der Waals surface area (Å²) in [5.74, 6) is -1.12. The van der Waals surface area contributed by atoms with E-state index in [1.807, 2.05) is 20.8 Å². The van der Waals surface area contributed by atoms with Crippen LogP contribution in [0.2, 0.25) is 5.02 Å². The number of dihydropyridines is 1. The second-order valence-corrected chi connectivity index (χ2v) is 11.8. The number of ether oxygens (including phenoxy) is 3. The molecule has 0 aromatic heterocycles. The van der Waals surface area contributed by atoms with Gasteiger partial charge in [-0.2, -0.15) is 0 Å². The molecule has 1 aliphatic rings. The van der Waals surface area contributed by atoms with E-state index in [0.29, 0.717) is 27.7 Å². The lowest BCUT2D eigenvalue weighted by Crippen LogP contribution is -2.31. The quantitative estimate of drug-likeness (QED) is 0.359. The fraction of sp³-hybridized carbons (Fsp3) is 0.370. The molecule has 194 valence electrons. The number of benzene rings is 2. The van der Waals surface area contributed by atoms with E-state index in [1.54, 1.807) is 57.2 Å². The molecule has 7 nitrogen and oxygen atoms in total. The van der Waals surface area contributed by atoms with Gasteiger partial charge in [0.25, 0.3) is 0 Å². The number of carbonyl (C=O) groups is 1. The molecule has 0 saturated carbocycles. The number of hydrogen-bond acceptors (Lipinski definition) is 7. The molecule has 0 amide bonds. The number of carbonyl (C=O) groups excluding carboxylic acids is 1. The summed E-state index contributed by atoms with van der Waals surface area (Å²) >= 11 is 6.50. The lowest BCUT2D eigenvalue weighted by atomic mass is 9.86. The van der Waals surface area contributed by atoms with Gasteiger partial charge in [0.2, 0.25) is 9.84 Å². The number of nitrogens with one attached hydrogen (secondary N) is 1. The van der Waals surface area contributed by atoms with Crippen molar-refractivity contribution in [2.75, 3.05) is 7.11 Å². The first-order valence-electron chi connectivity index (χ1n) is 11.5. The van der Waals surface area contributed by atoms with Gasteiger partial charge in [0.15, 0.2) is 6.29 Å². The number of allylic oxidation sites excluding steroid dienone is 3. The van der Waals surface area contributed by atoms with Gasteiger partial charge >= 0.3 is 5.97 Å². The smallest absolute Gasteiger partial charge is 0.336 e. The summed E-state index contributed by atoms with van der Waals surface area (Å²) in [4.78, 5) is 12.9. The van der Waals surface area contributed by atoms with Gasteiger partial charge in [-0.3, -0.25) is 0 Å². The highest BCUT2D eigenvalue weighted by atomic mass is 35.5. The van der Waals surface area contributed by atoms with Crippen molar-refractivity contribution in [3.8, 4) is 5.75 Å². The van der Waals surface area contributed by atoms with Gasteiger partial charge in [0, 0.05) is 16.4 Å². The Kier molecular flexibility index (Phi) is 8.23. The van der Waals surface area contributed by atoms with E-state index in [0.717, 1.165) is 0 Å². The van der Waals surface area contributed by atoms with Gasteiger partial charge < -0.3 is 19.5 Å². The molecule has 0 saturated heterocycles. The Morgan fingerprint density at radius 3 is 2.19 bits per heavy atom. The molecule has 36 heavy (non-hydrogen) atoms. The third kappa shape index (κ3) is 5.94. The highest BCUT2D eigenvalue weighted by molar-refractivity contribution is 7.95. The minimum atomic E-state index is -4.07. The molecular formula is C27H32ClNO6S. The van der Waals surface area contributed by atoms with Gasteiger partial charge in [-0.05, 0) is 77.4 Å². The summed E-state index contributed by atoms with van der Waals surface area (Å²) in [6.45, 7) is 10.9. The number of hydrogen-bond donors (Lipinski definition) is 1. The van der Waals surface area contributed by atoms with E-state index in [4.69, 9.17) is 25.8 Å². The lowest BCUT2D eigenvalue weighted by molar-refractivity contribution is -0.140. The second kappa shape index (κ2) is 10.7. The molecule has 2 aromatic carbocycles. The summed E-state index contributed by atoms with van der Waals surface area (Å²) in [7, 11) is -2.81. The van der Waals surface area contributed by atoms with Crippen molar-refractivity contribution in [1.82, 2.24) is 5.32 Å². The first-order valence-corrected chi connectivity index (χ1v) is 13.3. The second-order valence-electron chi connectivity index (χ2n) is 9.49. The zero-order valence-electron chi connectivity index (χ0n) is 21.5. The van der Waals surface area contributed by atoms with Crippen molar-refractivity contribution < 1.29 is 27.4 Å². The number of methoxy groups -OCH3 is 1.